The zero-order valence-electron chi connectivity index (χ0n) is 19.1. The number of H-pyrrole nitrogens is 1. The summed E-state index contributed by atoms with van der Waals surface area (Å²) in [5.74, 6) is -2.76. The van der Waals surface area contributed by atoms with Gasteiger partial charge in [-0.05, 0) is 32.0 Å². The number of carboxylic acids is 1. The molecule has 1 aromatic carbocycles. The number of aliphatic carboxylic acids is 1. The van der Waals surface area contributed by atoms with Gasteiger partial charge in [0, 0.05) is 35.9 Å². The molecule has 192 valence electrons. The molecule has 0 bridgehead atoms. The van der Waals surface area contributed by atoms with Crippen LogP contribution < -0.4 is 10.9 Å². The van der Waals surface area contributed by atoms with Gasteiger partial charge >= 0.3 is 12.1 Å². The summed E-state index contributed by atoms with van der Waals surface area (Å²) < 4.78 is 38.6. The van der Waals surface area contributed by atoms with Crippen LogP contribution in [0.2, 0.25) is 5.02 Å². The SMILES string of the molecule is COCc1cc(-c2nnc(Nc3ccc4[nH]ncc4c3Cl)s2)cn(C(C)C)c1=O.O=C(O)C(F)(F)F. The van der Waals surface area contributed by atoms with Gasteiger partial charge in [0.15, 0.2) is 5.01 Å². The molecule has 15 heteroatoms. The van der Waals surface area contributed by atoms with Crippen molar-refractivity contribution in [3.63, 3.8) is 0 Å². The average Bonchev–Trinajstić information content (AvgIpc) is 3.47. The second-order valence-corrected chi connectivity index (χ2v) is 8.95. The minimum atomic E-state index is -5.08. The van der Waals surface area contributed by atoms with Crippen LogP contribution in [0, 0.1) is 0 Å². The summed E-state index contributed by atoms with van der Waals surface area (Å²) >= 11 is 7.85. The predicted octanol–water partition coefficient (Wildman–Crippen LogP) is 5.00. The van der Waals surface area contributed by atoms with Crippen molar-refractivity contribution in [2.75, 3.05) is 12.4 Å². The van der Waals surface area contributed by atoms with Crippen LogP contribution in [0.15, 0.2) is 35.4 Å². The number of rotatable bonds is 6. The van der Waals surface area contributed by atoms with E-state index in [4.69, 9.17) is 26.2 Å². The van der Waals surface area contributed by atoms with Gasteiger partial charge in [0.1, 0.15) is 0 Å². The molecule has 3 N–H and O–H groups in total. The molecule has 0 aliphatic heterocycles. The molecule has 0 radical (unpaired) electrons. The lowest BCUT2D eigenvalue weighted by Gasteiger charge is -2.13. The Balaban J connectivity index is 0.000000454. The molecule has 3 aromatic heterocycles. The number of aromatic nitrogens is 5. The Hall–Kier alpha value is -3.49. The Kier molecular flexibility index (Phi) is 8.32. The summed E-state index contributed by atoms with van der Waals surface area (Å²) in [5.41, 5.74) is 2.91. The summed E-state index contributed by atoms with van der Waals surface area (Å²) in [6.45, 7) is 4.16. The predicted molar refractivity (Wildman–Crippen MR) is 129 cm³/mol. The van der Waals surface area contributed by atoms with Crippen molar-refractivity contribution in [3.8, 4) is 10.6 Å². The van der Waals surface area contributed by atoms with E-state index in [1.807, 2.05) is 26.0 Å². The largest absolute Gasteiger partial charge is 0.490 e. The number of hydrogen-bond donors (Lipinski definition) is 3. The lowest BCUT2D eigenvalue weighted by Crippen LogP contribution is -2.25. The number of alkyl halides is 3. The van der Waals surface area contributed by atoms with Crippen molar-refractivity contribution in [2.24, 2.45) is 0 Å². The number of hydrogen-bond acceptors (Lipinski definition) is 8. The van der Waals surface area contributed by atoms with Gasteiger partial charge in [-0.15, -0.1) is 10.2 Å². The van der Waals surface area contributed by atoms with Crippen LogP contribution in [0.25, 0.3) is 21.5 Å². The number of nitrogens with one attached hydrogen (secondary N) is 2. The molecule has 0 fully saturated rings. The fourth-order valence-electron chi connectivity index (χ4n) is 3.01. The highest BCUT2D eigenvalue weighted by Gasteiger charge is 2.38. The lowest BCUT2D eigenvalue weighted by molar-refractivity contribution is -0.192. The second-order valence-electron chi connectivity index (χ2n) is 7.59. The molecule has 0 amide bonds. The van der Waals surface area contributed by atoms with Crippen LogP contribution in [-0.2, 0) is 16.1 Å². The van der Waals surface area contributed by atoms with E-state index >= 15 is 0 Å². The van der Waals surface area contributed by atoms with Crippen LogP contribution in [0.5, 0.6) is 0 Å². The zero-order chi connectivity index (χ0) is 26.6. The van der Waals surface area contributed by atoms with Crippen LogP contribution in [-0.4, -0.2) is 49.3 Å². The van der Waals surface area contributed by atoms with Crippen molar-refractivity contribution in [1.82, 2.24) is 25.0 Å². The van der Waals surface area contributed by atoms with Gasteiger partial charge in [0.2, 0.25) is 5.13 Å². The van der Waals surface area contributed by atoms with Crippen molar-refractivity contribution < 1.29 is 27.8 Å². The fourth-order valence-corrected chi connectivity index (χ4v) is 4.00. The minimum absolute atomic E-state index is 0.0177. The maximum atomic E-state index is 12.6. The van der Waals surface area contributed by atoms with E-state index in [0.717, 1.165) is 22.2 Å². The van der Waals surface area contributed by atoms with E-state index in [1.165, 1.54) is 11.3 Å². The molecule has 0 aliphatic rings. The summed E-state index contributed by atoms with van der Waals surface area (Å²) in [6.07, 6.45) is -1.60. The monoisotopic (exact) mass is 544 g/mol. The highest BCUT2D eigenvalue weighted by Crippen LogP contribution is 2.34. The highest BCUT2D eigenvalue weighted by molar-refractivity contribution is 7.18. The number of anilines is 2. The summed E-state index contributed by atoms with van der Waals surface area (Å²) in [4.78, 5) is 21.5. The molecule has 0 spiro atoms. The third-order valence-electron chi connectivity index (χ3n) is 4.69. The fraction of sp³-hybridized carbons (Fsp3) is 0.286. The highest BCUT2D eigenvalue weighted by atomic mass is 35.5. The summed E-state index contributed by atoms with van der Waals surface area (Å²) in [7, 11) is 1.57. The Morgan fingerprint density at radius 2 is 2.03 bits per heavy atom. The number of ether oxygens (including phenoxy) is 1. The number of aromatic amines is 1. The maximum Gasteiger partial charge on any atom is 0.490 e. The summed E-state index contributed by atoms with van der Waals surface area (Å²) in [6, 6.07) is 5.58. The average molecular weight is 545 g/mol. The molecule has 3 heterocycles. The number of nitrogens with zero attached hydrogens (tertiary/aromatic N) is 4. The molecule has 0 saturated carbocycles. The maximum absolute atomic E-state index is 12.6. The van der Waals surface area contributed by atoms with Crippen LogP contribution >= 0.6 is 22.9 Å². The number of fused-ring (bicyclic) bond motifs is 1. The number of benzene rings is 1. The Bertz CT molecular complexity index is 1430. The van der Waals surface area contributed by atoms with Crippen LogP contribution in [0.4, 0.5) is 24.0 Å². The molecule has 4 aromatic rings. The van der Waals surface area contributed by atoms with E-state index < -0.39 is 12.1 Å². The van der Waals surface area contributed by atoms with E-state index in [9.17, 15) is 18.0 Å². The first kappa shape index (κ1) is 27.1. The molecule has 36 heavy (non-hydrogen) atoms. The first-order valence-corrected chi connectivity index (χ1v) is 11.4. The number of carboxylic acid groups (broad SMARTS) is 1. The topological polar surface area (TPSA) is 135 Å². The molecule has 0 aliphatic carbocycles. The molecular weight excluding hydrogens is 525 g/mol. The van der Waals surface area contributed by atoms with E-state index in [1.54, 1.807) is 30.1 Å². The first-order valence-electron chi connectivity index (χ1n) is 10.2. The first-order chi connectivity index (χ1) is 16.9. The van der Waals surface area contributed by atoms with Gasteiger partial charge in [-0.1, -0.05) is 22.9 Å². The van der Waals surface area contributed by atoms with Crippen molar-refractivity contribution >= 4 is 50.6 Å². The number of halogens is 4. The number of carbonyl (C=O) groups is 1. The molecule has 0 saturated heterocycles. The molecule has 0 atom stereocenters. The lowest BCUT2D eigenvalue weighted by atomic mass is 10.2. The second kappa shape index (κ2) is 11.1. The third-order valence-corrected chi connectivity index (χ3v) is 5.98. The van der Waals surface area contributed by atoms with Gasteiger partial charge in [-0.3, -0.25) is 9.89 Å². The number of methoxy groups -OCH3 is 1. The van der Waals surface area contributed by atoms with E-state index in [2.05, 4.69) is 25.7 Å². The molecule has 10 nitrogen and oxygen atoms in total. The van der Waals surface area contributed by atoms with Gasteiger partial charge in [0.25, 0.3) is 5.56 Å². The Morgan fingerprint density at radius 3 is 2.64 bits per heavy atom. The third kappa shape index (κ3) is 6.19. The zero-order valence-corrected chi connectivity index (χ0v) is 20.6. The standard InChI is InChI=1S/C19H19ClN6O2S.C2HF3O2/c1-10(2)26-8-11(6-12(9-28-3)18(26)27)17-24-25-19(29-17)22-15-5-4-14-13(16(15)20)7-21-23-14;3-2(4,5)1(6)7/h4-8,10H,9H2,1-3H3,(H,21,23)(H,22,25);(H,6,7). The van der Waals surface area contributed by atoms with Gasteiger partial charge < -0.3 is 19.7 Å². The summed E-state index contributed by atoms with van der Waals surface area (Å²) in [5, 5.41) is 28.4. The molecule has 4 rings (SSSR count). The van der Waals surface area contributed by atoms with Crippen LogP contribution in [0.1, 0.15) is 25.5 Å². The normalized spacial score (nSPS) is 11.4. The van der Waals surface area contributed by atoms with Crippen LogP contribution in [0.3, 0.4) is 0 Å². The van der Waals surface area contributed by atoms with Gasteiger partial charge in [0.05, 0.1) is 29.0 Å². The molecular formula is C21H20ClF3N6O4S. The van der Waals surface area contributed by atoms with Gasteiger partial charge in [-0.2, -0.15) is 18.3 Å². The molecule has 0 unspecified atom stereocenters. The Labute approximate surface area is 210 Å². The van der Waals surface area contributed by atoms with Gasteiger partial charge in [-0.25, -0.2) is 4.79 Å². The smallest absolute Gasteiger partial charge is 0.475 e. The van der Waals surface area contributed by atoms with Crippen molar-refractivity contribution in [2.45, 2.75) is 32.7 Å². The van der Waals surface area contributed by atoms with E-state index in [-0.39, 0.29) is 18.2 Å². The number of pyridine rings is 1. The van der Waals surface area contributed by atoms with Crippen molar-refractivity contribution in [3.05, 3.63) is 51.5 Å². The minimum Gasteiger partial charge on any atom is -0.475 e. The van der Waals surface area contributed by atoms with E-state index in [0.29, 0.717) is 20.7 Å². The quantitative estimate of drug-likeness (QED) is 0.308. The Morgan fingerprint density at radius 1 is 1.33 bits per heavy atom. The van der Waals surface area contributed by atoms with Crippen molar-refractivity contribution in [1.29, 1.82) is 0 Å².